The van der Waals surface area contributed by atoms with E-state index in [2.05, 4.69) is 10.6 Å². The fraction of sp³-hybridized carbons (Fsp3) is 0.438. The Morgan fingerprint density at radius 2 is 1.55 bits per heavy atom. The van der Waals surface area contributed by atoms with E-state index in [9.17, 15) is 61.2 Å². The van der Waals surface area contributed by atoms with Crippen molar-refractivity contribution in [1.29, 1.82) is 0 Å². The second-order valence-corrected chi connectivity index (χ2v) is 13.6. The maximum absolute atomic E-state index is 14.1. The van der Waals surface area contributed by atoms with Gasteiger partial charge in [-0.05, 0) is 74.9 Å². The molecule has 0 heterocycles. The Kier molecular flexibility index (Phi) is 9.37. The van der Waals surface area contributed by atoms with Crippen molar-refractivity contribution < 1.29 is 61.2 Å². The molecule has 2 saturated carbocycles. The number of phenols is 1. The molecule has 12 nitrogen and oxygen atoms in total. The second-order valence-electron chi connectivity index (χ2n) is 13.2. The zero-order chi connectivity index (χ0) is 38.3. The van der Waals surface area contributed by atoms with Crippen LogP contribution in [0, 0.1) is 17.8 Å². The number of aromatic hydroxyl groups is 1. The van der Waals surface area contributed by atoms with Gasteiger partial charge in [0.15, 0.2) is 16.5 Å². The van der Waals surface area contributed by atoms with Crippen LogP contribution < -0.4 is 21.3 Å². The molecule has 2 aromatic rings. The van der Waals surface area contributed by atoms with Crippen LogP contribution in [0.5, 0.6) is 5.75 Å². The molecule has 0 spiro atoms. The molecule has 2 aromatic carbocycles. The number of rotatable bonds is 5. The molecule has 8 N–H and O–H groups in total. The van der Waals surface area contributed by atoms with Crippen LogP contribution in [-0.4, -0.2) is 93.8 Å². The number of anilines is 3. The number of nitrogens with zero attached hydrogens (tertiary/aromatic N) is 2. The number of Topliss-reactive ketones (excluding diaryl/α,β-unsaturated/α-hetero) is 2. The Balaban J connectivity index is 1.58. The SMILES string of the molecule is CN(C)c1cc(NC(=S)Nc2cc(C(F)(F)F)cc(C(F)(F)F)c2)c(O)c2c1C[C@H]1C[C@H]3[C@H](N(C)C)C(O)C(C(N)=O)C(=O)[C@@]3(O)C(=O)C1=C2O. The Bertz CT molecular complexity index is 1850. The number of hydrogen-bond donors (Lipinski definition) is 7. The number of phenolic OH excluding ortho intramolecular Hbond substituents is 1. The lowest BCUT2D eigenvalue weighted by atomic mass is 9.54. The Hall–Kier alpha value is -4.46. The summed E-state index contributed by atoms with van der Waals surface area (Å²) in [5, 5.41) is 50.1. The molecule has 3 aliphatic rings. The van der Waals surface area contributed by atoms with Gasteiger partial charge in [-0.3, -0.25) is 14.4 Å². The number of nitrogens with two attached hydrogens (primary N) is 1. The standard InChI is InChI=1S/C32H33F6N5O7S/c1-42(2)18-10-17(41-29(51)40-14-8-12(31(33,34)35)7-13(9-14)32(36,37)38)23(44)20-15(18)5-11-6-16-22(43(3)4)25(46)21(28(39)49)27(48)30(16,50)26(47)19(11)24(20)45/h7-11,16,21-22,25,44-46,50H,5-6H2,1-4H3,(H2,39,49)(H2,40,41,51)/t11-,16-,21?,22-,25?,30-/m0/s1. The fourth-order valence-electron chi connectivity index (χ4n) is 7.46. The molecule has 3 aliphatic carbocycles. The summed E-state index contributed by atoms with van der Waals surface area (Å²) in [5.74, 6) is -9.49. The van der Waals surface area contributed by atoms with E-state index < -0.39 is 104 Å². The van der Waals surface area contributed by atoms with Crippen molar-refractivity contribution in [3.63, 3.8) is 0 Å². The highest BCUT2D eigenvalue weighted by Gasteiger charge is 2.67. The molecule has 0 bridgehead atoms. The number of aliphatic hydroxyl groups excluding tert-OH is 2. The number of benzene rings is 2. The molecular formula is C32H33F6N5O7S. The fourth-order valence-corrected chi connectivity index (χ4v) is 7.69. The van der Waals surface area contributed by atoms with Crippen LogP contribution in [0.25, 0.3) is 5.76 Å². The maximum Gasteiger partial charge on any atom is 0.416 e. The number of nitrogens with one attached hydrogen (secondary N) is 2. The van der Waals surface area contributed by atoms with Gasteiger partial charge in [-0.15, -0.1) is 0 Å². The van der Waals surface area contributed by atoms with E-state index in [4.69, 9.17) is 18.0 Å². The normalized spacial score (nSPS) is 26.3. The number of primary amides is 1. The van der Waals surface area contributed by atoms with Gasteiger partial charge in [0.05, 0.1) is 28.5 Å². The Morgan fingerprint density at radius 1 is 0.980 bits per heavy atom. The van der Waals surface area contributed by atoms with Crippen molar-refractivity contribution in [2.45, 2.75) is 42.9 Å². The van der Waals surface area contributed by atoms with E-state index in [1.165, 1.54) is 25.1 Å². The summed E-state index contributed by atoms with van der Waals surface area (Å²) in [6.07, 6.45) is -12.1. The van der Waals surface area contributed by atoms with E-state index in [0.29, 0.717) is 23.4 Å². The lowest BCUT2D eigenvalue weighted by Crippen LogP contribution is -2.73. The molecule has 19 heteroatoms. The van der Waals surface area contributed by atoms with Gasteiger partial charge in [-0.25, -0.2) is 0 Å². The van der Waals surface area contributed by atoms with Crippen LogP contribution in [0.4, 0.5) is 43.4 Å². The van der Waals surface area contributed by atoms with Gasteiger partial charge in [0.2, 0.25) is 11.7 Å². The van der Waals surface area contributed by atoms with Gasteiger partial charge in [-0.2, -0.15) is 26.3 Å². The molecule has 2 unspecified atom stereocenters. The quantitative estimate of drug-likeness (QED) is 0.103. The Morgan fingerprint density at radius 3 is 2.04 bits per heavy atom. The van der Waals surface area contributed by atoms with Crippen LogP contribution in [0.15, 0.2) is 29.8 Å². The van der Waals surface area contributed by atoms with Crippen LogP contribution in [-0.2, 0) is 33.2 Å². The van der Waals surface area contributed by atoms with E-state index >= 15 is 0 Å². The van der Waals surface area contributed by atoms with Crippen LogP contribution in [0.3, 0.4) is 0 Å². The van der Waals surface area contributed by atoms with Crippen molar-refractivity contribution in [2.75, 3.05) is 43.7 Å². The smallest absolute Gasteiger partial charge is 0.416 e. The summed E-state index contributed by atoms with van der Waals surface area (Å²) >= 11 is 5.15. The number of halogens is 6. The first-order valence-electron chi connectivity index (χ1n) is 15.2. The summed E-state index contributed by atoms with van der Waals surface area (Å²) in [6.45, 7) is 0. The molecule has 6 atom stereocenters. The monoisotopic (exact) mass is 745 g/mol. The number of hydrogen-bond acceptors (Lipinski definition) is 10. The van der Waals surface area contributed by atoms with Crippen LogP contribution >= 0.6 is 12.2 Å². The molecule has 51 heavy (non-hydrogen) atoms. The van der Waals surface area contributed by atoms with Crippen molar-refractivity contribution in [3.8, 4) is 5.75 Å². The number of ketones is 2. The molecule has 276 valence electrons. The first-order chi connectivity index (χ1) is 23.4. The molecule has 0 saturated heterocycles. The number of aliphatic hydroxyl groups is 3. The summed E-state index contributed by atoms with van der Waals surface area (Å²) in [5.41, 5.74) is -1.81. The van der Waals surface area contributed by atoms with Crippen molar-refractivity contribution in [2.24, 2.45) is 23.5 Å². The molecule has 2 fully saturated rings. The number of carbonyl (C=O) groups is 3. The largest absolute Gasteiger partial charge is 0.507 e. The number of fused-ring (bicyclic) bond motifs is 3. The number of thiocarbonyl (C=S) groups is 1. The summed E-state index contributed by atoms with van der Waals surface area (Å²) in [6, 6.07) is 0.999. The maximum atomic E-state index is 14.1. The van der Waals surface area contributed by atoms with Crippen molar-refractivity contribution in [1.82, 2.24) is 4.90 Å². The first-order valence-corrected chi connectivity index (χ1v) is 15.6. The highest BCUT2D eigenvalue weighted by Crippen LogP contribution is 2.54. The lowest BCUT2D eigenvalue weighted by molar-refractivity contribution is -0.184. The van der Waals surface area contributed by atoms with Gasteiger partial charge in [-0.1, -0.05) is 0 Å². The van der Waals surface area contributed by atoms with Crippen molar-refractivity contribution >= 4 is 57.6 Å². The average Bonchev–Trinajstić information content (AvgIpc) is 2.98. The number of carbonyl (C=O) groups excluding carboxylic acids is 3. The highest BCUT2D eigenvalue weighted by molar-refractivity contribution is 7.80. The van der Waals surface area contributed by atoms with Gasteiger partial charge >= 0.3 is 12.4 Å². The third-order valence-electron chi connectivity index (χ3n) is 9.64. The van der Waals surface area contributed by atoms with E-state index in [0.717, 1.165) is 0 Å². The molecule has 1 amide bonds. The first kappa shape index (κ1) is 37.8. The van der Waals surface area contributed by atoms with Gasteiger partial charge in [0, 0.05) is 43.0 Å². The second kappa shape index (κ2) is 12.6. The zero-order valence-electron chi connectivity index (χ0n) is 27.3. The molecule has 0 aliphatic heterocycles. The van der Waals surface area contributed by atoms with Gasteiger partial charge in [0.1, 0.15) is 17.4 Å². The summed E-state index contributed by atoms with van der Waals surface area (Å²) in [4.78, 5) is 43.0. The summed E-state index contributed by atoms with van der Waals surface area (Å²) < 4.78 is 80.4. The minimum atomic E-state index is -5.13. The molecule has 0 aromatic heterocycles. The third-order valence-corrected chi connectivity index (χ3v) is 9.84. The molecule has 0 radical (unpaired) electrons. The van der Waals surface area contributed by atoms with Crippen molar-refractivity contribution in [3.05, 3.63) is 52.1 Å². The number of alkyl halides is 6. The topological polar surface area (TPSA) is 189 Å². The zero-order valence-corrected chi connectivity index (χ0v) is 28.1. The minimum Gasteiger partial charge on any atom is -0.507 e. The average molecular weight is 746 g/mol. The molecule has 5 rings (SSSR count). The van der Waals surface area contributed by atoms with E-state index in [-0.39, 0.29) is 30.2 Å². The highest BCUT2D eigenvalue weighted by atomic mass is 32.1. The molecular weight excluding hydrogens is 712 g/mol. The van der Waals surface area contributed by atoms with E-state index in [1.54, 1.807) is 19.0 Å². The van der Waals surface area contributed by atoms with Crippen LogP contribution in [0.2, 0.25) is 0 Å². The number of amides is 1. The van der Waals surface area contributed by atoms with Crippen LogP contribution in [0.1, 0.15) is 28.7 Å². The minimum absolute atomic E-state index is 0.0365. The van der Waals surface area contributed by atoms with Gasteiger partial charge in [0.25, 0.3) is 0 Å². The lowest BCUT2D eigenvalue weighted by Gasteiger charge is -2.53. The summed E-state index contributed by atoms with van der Waals surface area (Å²) in [7, 11) is 6.23. The Labute approximate surface area is 291 Å². The van der Waals surface area contributed by atoms with E-state index in [1.807, 2.05) is 0 Å². The number of likely N-dealkylation sites (N-methyl/N-ethyl adjacent to an activating group) is 1. The third kappa shape index (κ3) is 6.25. The predicted molar refractivity (Wildman–Crippen MR) is 175 cm³/mol. The predicted octanol–water partition coefficient (Wildman–Crippen LogP) is 3.04. The van der Waals surface area contributed by atoms with Gasteiger partial charge < -0.3 is 46.6 Å².